The van der Waals surface area contributed by atoms with Gasteiger partial charge in [0.05, 0.1) is 75.0 Å². The highest BCUT2D eigenvalue weighted by Gasteiger charge is 2.75. The predicted molar refractivity (Wildman–Crippen MR) is 287 cm³/mol. The quantitative estimate of drug-likeness (QED) is 0.0267. The number of allylic oxidation sites excluding steroid dienone is 3. The van der Waals surface area contributed by atoms with Crippen molar-refractivity contribution in [2.45, 2.75) is 209 Å². The highest BCUT2D eigenvalue weighted by molar-refractivity contribution is 5.64. The van der Waals surface area contributed by atoms with Crippen LogP contribution in [0, 0.1) is 27.9 Å². The summed E-state index contributed by atoms with van der Waals surface area (Å²) in [7, 11) is 7.55. The molecule has 1 aromatic rings. The number of non-ortho nitro benzene ring substituents is 1. The van der Waals surface area contributed by atoms with E-state index in [1.54, 1.807) is 21.3 Å². The molecular weight excluding hydrogens is 1040 g/mol. The van der Waals surface area contributed by atoms with Crippen molar-refractivity contribution < 1.29 is 90.4 Å². The molecule has 9 aliphatic rings. The summed E-state index contributed by atoms with van der Waals surface area (Å²) in [6, 6.07) is 5.25. The van der Waals surface area contributed by atoms with Gasteiger partial charge in [0.15, 0.2) is 0 Å². The van der Waals surface area contributed by atoms with Gasteiger partial charge < -0.3 is 71.1 Å². The van der Waals surface area contributed by atoms with Gasteiger partial charge in [-0.2, -0.15) is 0 Å². The molecule has 21 nitrogen and oxygen atoms in total. The van der Waals surface area contributed by atoms with Crippen LogP contribution >= 0.6 is 0 Å². The maximum Gasteiger partial charge on any atom is 0.514 e. The molecule has 1 aromatic carbocycles. The Kier molecular flexibility index (Phi) is 18.6. The van der Waals surface area contributed by atoms with Crippen molar-refractivity contribution >= 4 is 24.2 Å². The Bertz CT molecular complexity index is 2380. The molecule has 21 heteroatoms. The van der Waals surface area contributed by atoms with E-state index >= 15 is 0 Å². The lowest BCUT2D eigenvalue weighted by molar-refractivity contribution is -0.384. The molecule has 9 fully saturated rings. The SMILES string of the molecule is COC(=O)O[C@@H]1CC[C@]2(CO2)[C@@H]([C@@]2(C)O[C@@H]2CC=C(C)C)[C@@H]1OC.COC(=O)O[C@@H]1CC[C@]2(CO2)[C@@H]([C@@]2(C)O[C@@H]2CC=C(C)C)[C@@H]1OC.CO[C@@H]1[C@H](OC(=O)Oc2ccc([N+](=O)[O-])cc2)CC[C@]2(CO2)[C@H]1[C@]1(C)O[C@@H]1CC=C(C)C. The first-order chi connectivity index (χ1) is 37.9. The van der Waals surface area contributed by atoms with E-state index in [0.717, 1.165) is 51.7 Å². The summed E-state index contributed by atoms with van der Waals surface area (Å²) in [4.78, 5) is 45.8. The molecule has 6 aliphatic heterocycles. The predicted octanol–water partition coefficient (Wildman–Crippen LogP) is 9.88. The van der Waals surface area contributed by atoms with Gasteiger partial charge in [0.2, 0.25) is 0 Å². The van der Waals surface area contributed by atoms with Gasteiger partial charge in [-0.15, -0.1) is 0 Å². The molecule has 0 N–H and O–H groups in total. The van der Waals surface area contributed by atoms with Crippen molar-refractivity contribution in [3.05, 3.63) is 69.3 Å². The number of rotatable bonds is 17. The summed E-state index contributed by atoms with van der Waals surface area (Å²) in [6.07, 6.45) is 9.56. The van der Waals surface area contributed by atoms with Crippen molar-refractivity contribution in [1.29, 1.82) is 0 Å². The summed E-state index contributed by atoms with van der Waals surface area (Å²) in [5.41, 5.74) is 1.94. The zero-order chi connectivity index (χ0) is 58.2. The average Bonchev–Trinajstić information content (AvgIpc) is 4.23. The topological polar surface area (TPSA) is 253 Å². The van der Waals surface area contributed by atoms with Crippen LogP contribution < -0.4 is 4.74 Å². The fraction of sp³-hybridized carbons (Fsp3) is 0.746. The van der Waals surface area contributed by atoms with Crippen LogP contribution in [0.1, 0.15) is 120 Å². The van der Waals surface area contributed by atoms with Crippen molar-refractivity contribution in [1.82, 2.24) is 0 Å². The summed E-state index contributed by atoms with van der Waals surface area (Å²) < 4.78 is 84.4. The van der Waals surface area contributed by atoms with Crippen LogP contribution in [-0.4, -0.2) is 167 Å². The van der Waals surface area contributed by atoms with E-state index in [2.05, 4.69) is 90.0 Å². The van der Waals surface area contributed by atoms with Gasteiger partial charge in [-0.05, 0) is 132 Å². The van der Waals surface area contributed by atoms with Crippen molar-refractivity contribution in [3.63, 3.8) is 0 Å². The maximum atomic E-state index is 12.4. The number of nitro benzene ring substituents is 1. The first kappa shape index (κ1) is 61.4. The highest BCUT2D eigenvalue weighted by atomic mass is 16.7. The van der Waals surface area contributed by atoms with E-state index in [-0.39, 0.29) is 99.9 Å². The molecule has 80 heavy (non-hydrogen) atoms. The molecular formula is C59H85NO20. The lowest BCUT2D eigenvalue weighted by Crippen LogP contribution is -2.55. The number of nitrogens with zero attached hydrogens (tertiary/aromatic N) is 1. The van der Waals surface area contributed by atoms with Crippen LogP contribution in [-0.2, 0) is 66.3 Å². The summed E-state index contributed by atoms with van der Waals surface area (Å²) in [5.74, 6) is 0.160. The second kappa shape index (κ2) is 24.2. The zero-order valence-corrected chi connectivity index (χ0v) is 49.1. The Balaban J connectivity index is 0.000000160. The maximum absolute atomic E-state index is 12.4. The number of carbonyl (C=O) groups excluding carboxylic acids is 3. The van der Waals surface area contributed by atoms with Gasteiger partial charge in [-0.1, -0.05) is 34.9 Å². The Hall–Kier alpha value is -4.71. The summed E-state index contributed by atoms with van der Waals surface area (Å²) in [6.45, 7) is 20.9. The van der Waals surface area contributed by atoms with Crippen LogP contribution in [0.25, 0.3) is 0 Å². The third kappa shape index (κ3) is 13.2. The third-order valence-corrected chi connectivity index (χ3v) is 18.0. The molecule has 6 heterocycles. The first-order valence-electron chi connectivity index (χ1n) is 28.0. The minimum absolute atomic E-state index is 0.0361. The smallest absolute Gasteiger partial charge is 0.438 e. The Morgan fingerprint density at radius 3 is 1.09 bits per heavy atom. The number of methoxy groups -OCH3 is 5. The molecule has 18 atom stereocenters. The van der Waals surface area contributed by atoms with Gasteiger partial charge in [0.1, 0.15) is 76.0 Å². The molecule has 446 valence electrons. The summed E-state index contributed by atoms with van der Waals surface area (Å²) >= 11 is 0. The van der Waals surface area contributed by atoms with Gasteiger partial charge in [-0.25, -0.2) is 14.4 Å². The lowest BCUT2D eigenvalue weighted by Gasteiger charge is -2.42. The zero-order valence-electron chi connectivity index (χ0n) is 49.1. The number of ether oxygens (including phenoxy) is 15. The largest absolute Gasteiger partial charge is 0.514 e. The van der Waals surface area contributed by atoms with Gasteiger partial charge in [0, 0.05) is 33.5 Å². The molecule has 6 saturated heterocycles. The van der Waals surface area contributed by atoms with Gasteiger partial charge in [-0.3, -0.25) is 10.1 Å². The van der Waals surface area contributed by atoms with E-state index < -0.39 is 41.2 Å². The summed E-state index contributed by atoms with van der Waals surface area (Å²) in [5, 5.41) is 10.8. The monoisotopic (exact) mass is 1130 g/mol. The Morgan fingerprint density at radius 1 is 0.537 bits per heavy atom. The molecule has 0 radical (unpaired) electrons. The molecule has 3 spiro atoms. The normalized spacial score (nSPS) is 40.0. The lowest BCUT2D eigenvalue weighted by atomic mass is 9.68. The van der Waals surface area contributed by atoms with Gasteiger partial charge >= 0.3 is 18.5 Å². The van der Waals surface area contributed by atoms with Crippen molar-refractivity contribution in [2.24, 2.45) is 17.8 Å². The highest BCUT2D eigenvalue weighted by Crippen LogP contribution is 2.62. The molecule has 0 amide bonds. The standard InChI is InChI=1S/C23H29NO8.2C18H28O6/c1-14(2)5-10-18-22(3,32-18)20-19(28-4)17(11-12-23(20)13-29-23)31-21(25)30-16-8-6-15(7-9-16)24(26)27;2*1-11(2)6-7-13-17(3,24-13)15-14(20-4)12(23-16(19)21-5)8-9-18(15)10-22-18/h5-9,17-20H,10-13H2,1-4H3;2*6,12-15H,7-10H2,1-5H3/t17-,18-,19-,20-,22-,23+;2*12-,13-,14-,15-,17+,18+/m111/s1. The second-order valence-corrected chi connectivity index (χ2v) is 24.1. The minimum Gasteiger partial charge on any atom is -0.438 e. The molecule has 3 saturated carbocycles. The fourth-order valence-electron chi connectivity index (χ4n) is 13.4. The van der Waals surface area contributed by atoms with E-state index in [1.165, 1.54) is 55.2 Å². The molecule has 0 unspecified atom stereocenters. The van der Waals surface area contributed by atoms with Crippen LogP contribution in [0.3, 0.4) is 0 Å². The minimum atomic E-state index is -0.875. The average molecular weight is 1130 g/mol. The van der Waals surface area contributed by atoms with Crippen LogP contribution in [0.2, 0.25) is 0 Å². The Labute approximate surface area is 470 Å². The van der Waals surface area contributed by atoms with E-state index in [4.69, 9.17) is 61.6 Å². The second-order valence-electron chi connectivity index (χ2n) is 24.1. The third-order valence-electron chi connectivity index (χ3n) is 18.0. The van der Waals surface area contributed by atoms with E-state index in [9.17, 15) is 24.5 Å². The van der Waals surface area contributed by atoms with Crippen LogP contribution in [0.15, 0.2) is 59.2 Å². The van der Waals surface area contributed by atoms with Crippen molar-refractivity contribution in [2.75, 3.05) is 55.4 Å². The number of carbonyl (C=O) groups is 3. The van der Waals surface area contributed by atoms with Crippen LogP contribution in [0.4, 0.5) is 20.1 Å². The van der Waals surface area contributed by atoms with E-state index in [0.29, 0.717) is 25.9 Å². The fourth-order valence-corrected chi connectivity index (χ4v) is 13.4. The molecule has 10 rings (SSSR count). The Morgan fingerprint density at radius 2 is 0.838 bits per heavy atom. The number of epoxide rings is 6. The first-order valence-corrected chi connectivity index (χ1v) is 28.0. The molecule has 0 aromatic heterocycles. The van der Waals surface area contributed by atoms with Crippen LogP contribution in [0.5, 0.6) is 5.75 Å². The van der Waals surface area contributed by atoms with Crippen molar-refractivity contribution in [3.8, 4) is 5.75 Å². The number of hydrogen-bond acceptors (Lipinski definition) is 20. The number of nitro groups is 1. The molecule has 0 bridgehead atoms. The molecule has 3 aliphatic carbocycles. The number of benzene rings is 1. The number of hydrogen-bond donors (Lipinski definition) is 0. The van der Waals surface area contributed by atoms with E-state index in [1.807, 2.05) is 0 Å². The van der Waals surface area contributed by atoms with Gasteiger partial charge in [0.25, 0.3) is 5.69 Å².